The molecule has 0 bridgehead atoms. The minimum absolute atomic E-state index is 0.261. The van der Waals surface area contributed by atoms with Crippen molar-refractivity contribution in [3.05, 3.63) is 71.4 Å². The number of ether oxygens (including phenoxy) is 2. The Balaban J connectivity index is 1.71. The van der Waals surface area contributed by atoms with Crippen LogP contribution in [0.3, 0.4) is 0 Å². The highest BCUT2D eigenvalue weighted by Gasteiger charge is 2.09. The average Bonchev–Trinajstić information content (AvgIpc) is 2.69. The fourth-order valence-electron chi connectivity index (χ4n) is 2.42. The molecule has 3 aromatic rings. The largest absolute Gasteiger partial charge is 0.497 e. The molecule has 138 valence electrons. The lowest BCUT2D eigenvalue weighted by atomic mass is 10.2. The van der Waals surface area contributed by atoms with Crippen molar-refractivity contribution in [2.24, 2.45) is 0 Å². The number of hydrogen-bond donors (Lipinski definition) is 2. The van der Waals surface area contributed by atoms with Crippen LogP contribution in [0.5, 0.6) is 11.5 Å². The summed E-state index contributed by atoms with van der Waals surface area (Å²) in [6.45, 7) is 0. The summed E-state index contributed by atoms with van der Waals surface area (Å²) in [7, 11) is 3.15. The minimum Gasteiger partial charge on any atom is -0.497 e. The van der Waals surface area contributed by atoms with E-state index in [0.717, 1.165) is 0 Å². The molecule has 0 saturated carbocycles. The van der Waals surface area contributed by atoms with Crippen LogP contribution in [-0.2, 0) is 0 Å². The van der Waals surface area contributed by atoms with Crippen LogP contribution in [0.1, 0.15) is 10.4 Å². The van der Waals surface area contributed by atoms with E-state index in [2.05, 4.69) is 15.6 Å². The molecule has 1 amide bonds. The quantitative estimate of drug-likeness (QED) is 0.642. The van der Waals surface area contributed by atoms with Crippen molar-refractivity contribution >= 4 is 34.7 Å². The van der Waals surface area contributed by atoms with Crippen molar-refractivity contribution < 1.29 is 14.3 Å². The van der Waals surface area contributed by atoms with Gasteiger partial charge in [-0.25, -0.2) is 4.98 Å². The Morgan fingerprint density at radius 1 is 1.04 bits per heavy atom. The lowest BCUT2D eigenvalue weighted by Gasteiger charge is -2.11. The monoisotopic (exact) mass is 383 g/mol. The normalized spacial score (nSPS) is 10.2. The summed E-state index contributed by atoms with van der Waals surface area (Å²) in [5.74, 6) is 1.61. The lowest BCUT2D eigenvalue weighted by Crippen LogP contribution is -2.12. The van der Waals surface area contributed by atoms with Crippen LogP contribution in [0, 0.1) is 0 Å². The van der Waals surface area contributed by atoms with Crippen LogP contribution < -0.4 is 20.1 Å². The van der Waals surface area contributed by atoms with Crippen LogP contribution in [0.2, 0.25) is 5.02 Å². The maximum Gasteiger partial charge on any atom is 0.257 e. The number of pyridine rings is 1. The Kier molecular flexibility index (Phi) is 5.78. The van der Waals surface area contributed by atoms with E-state index >= 15 is 0 Å². The molecule has 0 aliphatic heterocycles. The number of rotatable bonds is 6. The molecule has 0 fully saturated rings. The molecule has 1 heterocycles. The molecule has 0 aliphatic rings. The van der Waals surface area contributed by atoms with Gasteiger partial charge in [0.15, 0.2) is 0 Å². The SMILES string of the molecule is COc1cccc(NC(=O)c2ccc(Nc3cc(Cl)ccc3OC)nc2)c1. The maximum absolute atomic E-state index is 12.4. The second-order valence-electron chi connectivity index (χ2n) is 5.59. The Bertz CT molecular complexity index is 945. The molecule has 0 radical (unpaired) electrons. The summed E-state index contributed by atoms with van der Waals surface area (Å²) in [6, 6.07) is 15.8. The molecule has 0 aliphatic carbocycles. The highest BCUT2D eigenvalue weighted by molar-refractivity contribution is 6.31. The smallest absolute Gasteiger partial charge is 0.257 e. The van der Waals surface area contributed by atoms with Crippen molar-refractivity contribution in [1.82, 2.24) is 4.98 Å². The van der Waals surface area contributed by atoms with Crippen LogP contribution in [0.4, 0.5) is 17.2 Å². The first-order chi connectivity index (χ1) is 13.1. The van der Waals surface area contributed by atoms with Crippen molar-refractivity contribution in [3.63, 3.8) is 0 Å². The molecule has 7 heteroatoms. The van der Waals surface area contributed by atoms with Crippen LogP contribution in [0.25, 0.3) is 0 Å². The number of methoxy groups -OCH3 is 2. The van der Waals surface area contributed by atoms with E-state index in [4.69, 9.17) is 21.1 Å². The highest BCUT2D eigenvalue weighted by atomic mass is 35.5. The van der Waals surface area contributed by atoms with Gasteiger partial charge in [0.25, 0.3) is 5.91 Å². The summed E-state index contributed by atoms with van der Waals surface area (Å²) in [5.41, 5.74) is 1.76. The van der Waals surface area contributed by atoms with Crippen molar-refractivity contribution in [3.8, 4) is 11.5 Å². The molecule has 2 N–H and O–H groups in total. The number of carbonyl (C=O) groups excluding carboxylic acids is 1. The molecular formula is C20H18ClN3O3. The van der Waals surface area contributed by atoms with Gasteiger partial charge in [0, 0.05) is 23.0 Å². The van der Waals surface area contributed by atoms with Crippen molar-refractivity contribution in [1.29, 1.82) is 0 Å². The van der Waals surface area contributed by atoms with Crippen molar-refractivity contribution in [2.45, 2.75) is 0 Å². The van der Waals surface area contributed by atoms with Gasteiger partial charge in [-0.05, 0) is 42.5 Å². The summed E-state index contributed by atoms with van der Waals surface area (Å²) in [5, 5.41) is 6.51. The van der Waals surface area contributed by atoms with Gasteiger partial charge < -0.3 is 20.1 Å². The van der Waals surface area contributed by atoms with Gasteiger partial charge in [-0.3, -0.25) is 4.79 Å². The van der Waals surface area contributed by atoms with E-state index in [1.54, 1.807) is 62.8 Å². The predicted molar refractivity (Wildman–Crippen MR) is 106 cm³/mol. The van der Waals surface area contributed by atoms with E-state index in [0.29, 0.717) is 39.3 Å². The third-order valence-corrected chi connectivity index (χ3v) is 4.01. The fraction of sp³-hybridized carbons (Fsp3) is 0.100. The van der Waals surface area contributed by atoms with Gasteiger partial charge in [0.05, 0.1) is 25.5 Å². The molecule has 2 aromatic carbocycles. The number of benzene rings is 2. The first-order valence-electron chi connectivity index (χ1n) is 8.11. The number of amides is 1. The number of carbonyl (C=O) groups is 1. The number of nitrogens with one attached hydrogen (secondary N) is 2. The summed E-state index contributed by atoms with van der Waals surface area (Å²) in [6.07, 6.45) is 1.49. The lowest BCUT2D eigenvalue weighted by molar-refractivity contribution is 0.102. The second-order valence-corrected chi connectivity index (χ2v) is 6.02. The Morgan fingerprint density at radius 3 is 2.59 bits per heavy atom. The first-order valence-corrected chi connectivity index (χ1v) is 8.49. The van der Waals surface area contributed by atoms with Gasteiger partial charge >= 0.3 is 0 Å². The highest BCUT2D eigenvalue weighted by Crippen LogP contribution is 2.30. The summed E-state index contributed by atoms with van der Waals surface area (Å²) in [4.78, 5) is 16.7. The molecule has 0 saturated heterocycles. The topological polar surface area (TPSA) is 72.5 Å². The molecular weight excluding hydrogens is 366 g/mol. The third-order valence-electron chi connectivity index (χ3n) is 3.78. The molecule has 1 aromatic heterocycles. The van der Waals surface area contributed by atoms with Crippen molar-refractivity contribution in [2.75, 3.05) is 24.9 Å². The summed E-state index contributed by atoms with van der Waals surface area (Å²) < 4.78 is 10.4. The molecule has 0 spiro atoms. The number of nitrogens with zero attached hydrogens (tertiary/aromatic N) is 1. The Morgan fingerprint density at radius 2 is 1.89 bits per heavy atom. The zero-order valence-electron chi connectivity index (χ0n) is 14.8. The predicted octanol–water partition coefficient (Wildman–Crippen LogP) is 4.75. The standard InChI is InChI=1S/C20H18ClN3O3/c1-26-16-5-3-4-15(11-16)23-20(25)13-6-9-19(22-12-13)24-17-10-14(21)7-8-18(17)27-2/h3-12H,1-2H3,(H,22,24)(H,23,25). The van der Waals surface area contributed by atoms with E-state index in [9.17, 15) is 4.79 Å². The number of aromatic nitrogens is 1. The third kappa shape index (κ3) is 4.68. The Hall–Kier alpha value is -3.25. The molecule has 27 heavy (non-hydrogen) atoms. The van der Waals surface area contributed by atoms with Gasteiger partial charge in [0.1, 0.15) is 17.3 Å². The van der Waals surface area contributed by atoms with E-state index < -0.39 is 0 Å². The summed E-state index contributed by atoms with van der Waals surface area (Å²) >= 11 is 6.03. The van der Waals surface area contributed by atoms with Gasteiger partial charge in [-0.1, -0.05) is 17.7 Å². The van der Waals surface area contributed by atoms with E-state index in [1.165, 1.54) is 6.20 Å². The maximum atomic E-state index is 12.4. The zero-order chi connectivity index (χ0) is 19.2. The van der Waals surface area contributed by atoms with Crippen LogP contribution >= 0.6 is 11.6 Å². The van der Waals surface area contributed by atoms with Gasteiger partial charge in [-0.15, -0.1) is 0 Å². The molecule has 3 rings (SSSR count). The average molecular weight is 384 g/mol. The van der Waals surface area contributed by atoms with Crippen LogP contribution in [-0.4, -0.2) is 25.1 Å². The zero-order valence-corrected chi connectivity index (χ0v) is 15.6. The van der Waals surface area contributed by atoms with Gasteiger partial charge in [0.2, 0.25) is 0 Å². The van der Waals surface area contributed by atoms with Gasteiger partial charge in [-0.2, -0.15) is 0 Å². The minimum atomic E-state index is -0.261. The number of anilines is 3. The fourth-order valence-corrected chi connectivity index (χ4v) is 2.59. The number of halogens is 1. The van der Waals surface area contributed by atoms with E-state index in [-0.39, 0.29) is 5.91 Å². The molecule has 0 atom stereocenters. The second kappa shape index (κ2) is 8.42. The van der Waals surface area contributed by atoms with E-state index in [1.807, 2.05) is 6.07 Å². The first kappa shape index (κ1) is 18.5. The van der Waals surface area contributed by atoms with Crippen LogP contribution in [0.15, 0.2) is 60.8 Å². The number of hydrogen-bond acceptors (Lipinski definition) is 5. The molecule has 0 unspecified atom stereocenters. The Labute approximate surface area is 162 Å². The molecule has 6 nitrogen and oxygen atoms in total.